The molecule has 60 valence electrons. The van der Waals surface area contributed by atoms with Gasteiger partial charge in [-0.3, -0.25) is 0 Å². The van der Waals surface area contributed by atoms with Gasteiger partial charge in [0, 0.05) is 54.5 Å². The number of halogens is 1. The molecule has 2 atom stereocenters. The van der Waals surface area contributed by atoms with E-state index in [4.69, 9.17) is 5.11 Å². The van der Waals surface area contributed by atoms with E-state index in [0.29, 0.717) is 18.6 Å². The van der Waals surface area contributed by atoms with Crippen LogP contribution in [0.15, 0.2) is 0 Å². The lowest BCUT2D eigenvalue weighted by atomic mass is 10.1. The predicted molar refractivity (Wildman–Crippen MR) is 49.0 cm³/mol. The lowest BCUT2D eigenvalue weighted by molar-refractivity contribution is 0.217. The van der Waals surface area contributed by atoms with Gasteiger partial charge in [-0.15, -0.1) is 0 Å². The van der Waals surface area contributed by atoms with Crippen molar-refractivity contribution in [1.29, 1.82) is 0 Å². The fourth-order valence-electron chi connectivity index (χ4n) is 1.33. The van der Waals surface area contributed by atoms with Gasteiger partial charge in [-0.25, -0.2) is 3.11 Å². The maximum atomic E-state index is 8.92. The summed E-state index contributed by atoms with van der Waals surface area (Å²) < 4.78 is 2.21. The Balaban J connectivity index is 2.41. The highest BCUT2D eigenvalue weighted by Gasteiger charge is 2.29. The van der Waals surface area contributed by atoms with Gasteiger partial charge in [0.25, 0.3) is 0 Å². The van der Waals surface area contributed by atoms with Gasteiger partial charge in [-0.2, -0.15) is 0 Å². The second kappa shape index (κ2) is 3.85. The first-order chi connectivity index (χ1) is 4.77. The van der Waals surface area contributed by atoms with E-state index in [1.165, 1.54) is 0 Å². The Morgan fingerprint density at radius 1 is 1.70 bits per heavy atom. The van der Waals surface area contributed by atoms with Crippen molar-refractivity contribution in [2.75, 3.05) is 26.7 Å². The minimum Gasteiger partial charge on any atom is -0.396 e. The average Bonchev–Trinajstić information content (AvgIpc) is 2.30. The number of nitrogens with zero attached hydrogens (tertiary/aromatic N) is 1. The summed E-state index contributed by atoms with van der Waals surface area (Å²) in [7, 11) is 1.95. The van der Waals surface area contributed by atoms with Crippen molar-refractivity contribution in [2.45, 2.75) is 6.04 Å². The first kappa shape index (κ1) is 8.70. The zero-order chi connectivity index (χ0) is 7.56. The minimum atomic E-state index is 0.297. The SMILES string of the molecule is CNC1CN(I)CC1CO. The lowest BCUT2D eigenvalue weighted by Gasteiger charge is -2.13. The Hall–Kier alpha value is 0.610. The molecule has 0 spiro atoms. The highest BCUT2D eigenvalue weighted by molar-refractivity contribution is 14.1. The van der Waals surface area contributed by atoms with Crippen LogP contribution in [0.3, 0.4) is 0 Å². The standard InChI is InChI=1S/C6H13IN2O/c1-8-6-3-9(7)2-5(6)4-10/h5-6,8,10H,2-4H2,1H3. The van der Waals surface area contributed by atoms with E-state index in [-0.39, 0.29) is 0 Å². The topological polar surface area (TPSA) is 35.5 Å². The number of hydrogen-bond donors (Lipinski definition) is 2. The van der Waals surface area contributed by atoms with Crippen molar-refractivity contribution < 1.29 is 5.11 Å². The Morgan fingerprint density at radius 2 is 2.40 bits per heavy atom. The monoisotopic (exact) mass is 256 g/mol. The average molecular weight is 256 g/mol. The third-order valence-corrected chi connectivity index (χ3v) is 2.79. The van der Waals surface area contributed by atoms with Crippen LogP contribution in [0.25, 0.3) is 0 Å². The zero-order valence-electron chi connectivity index (χ0n) is 6.05. The minimum absolute atomic E-state index is 0.297. The summed E-state index contributed by atoms with van der Waals surface area (Å²) in [6.45, 7) is 2.34. The molecule has 1 fully saturated rings. The van der Waals surface area contributed by atoms with Crippen molar-refractivity contribution in [3.63, 3.8) is 0 Å². The van der Waals surface area contributed by atoms with Crippen LogP contribution >= 0.6 is 22.9 Å². The summed E-state index contributed by atoms with van der Waals surface area (Å²) in [4.78, 5) is 0. The van der Waals surface area contributed by atoms with Gasteiger partial charge in [0.1, 0.15) is 0 Å². The molecule has 0 aromatic carbocycles. The van der Waals surface area contributed by atoms with E-state index in [0.717, 1.165) is 13.1 Å². The molecule has 0 radical (unpaired) electrons. The van der Waals surface area contributed by atoms with Crippen LogP contribution < -0.4 is 5.32 Å². The maximum Gasteiger partial charge on any atom is 0.0487 e. The molecule has 4 heteroatoms. The Kier molecular flexibility index (Phi) is 3.35. The van der Waals surface area contributed by atoms with E-state index in [1.54, 1.807) is 0 Å². The molecule has 1 saturated heterocycles. The molecule has 0 aliphatic carbocycles. The number of hydrogen-bond acceptors (Lipinski definition) is 3. The normalized spacial score (nSPS) is 35.1. The summed E-state index contributed by atoms with van der Waals surface area (Å²) >= 11 is 2.29. The molecular weight excluding hydrogens is 243 g/mol. The Morgan fingerprint density at radius 3 is 2.80 bits per heavy atom. The molecule has 2 unspecified atom stereocenters. The second-order valence-corrected chi connectivity index (χ2v) is 4.03. The molecule has 0 saturated carbocycles. The first-order valence-electron chi connectivity index (χ1n) is 3.46. The van der Waals surface area contributed by atoms with Crippen LogP contribution in [0.4, 0.5) is 0 Å². The molecule has 0 aromatic rings. The highest BCUT2D eigenvalue weighted by atomic mass is 127. The number of likely N-dealkylation sites (N-methyl/N-ethyl adjacent to an activating group) is 1. The molecule has 10 heavy (non-hydrogen) atoms. The molecule has 1 heterocycles. The summed E-state index contributed by atoms with van der Waals surface area (Å²) in [5, 5.41) is 12.1. The number of nitrogens with one attached hydrogen (secondary N) is 1. The summed E-state index contributed by atoms with van der Waals surface area (Å²) in [5.74, 6) is 0.418. The van der Waals surface area contributed by atoms with Gasteiger partial charge in [0.05, 0.1) is 0 Å². The fraction of sp³-hybridized carbons (Fsp3) is 1.00. The largest absolute Gasteiger partial charge is 0.396 e. The lowest BCUT2D eigenvalue weighted by Crippen LogP contribution is -2.34. The number of rotatable bonds is 2. The van der Waals surface area contributed by atoms with E-state index in [2.05, 4.69) is 31.3 Å². The van der Waals surface area contributed by atoms with Gasteiger partial charge in [0.15, 0.2) is 0 Å². The molecule has 1 aliphatic heterocycles. The Labute approximate surface area is 75.3 Å². The van der Waals surface area contributed by atoms with Gasteiger partial charge in [0.2, 0.25) is 0 Å². The molecule has 0 bridgehead atoms. The predicted octanol–water partition coefficient (Wildman–Crippen LogP) is -0.152. The molecule has 1 rings (SSSR count). The molecule has 3 nitrogen and oxygen atoms in total. The summed E-state index contributed by atoms with van der Waals surface area (Å²) in [6.07, 6.45) is 0. The second-order valence-electron chi connectivity index (χ2n) is 2.67. The van der Waals surface area contributed by atoms with Crippen LogP contribution in [0.5, 0.6) is 0 Å². The van der Waals surface area contributed by atoms with E-state index in [1.807, 2.05) is 7.05 Å². The van der Waals surface area contributed by atoms with Gasteiger partial charge in [-0.1, -0.05) is 0 Å². The van der Waals surface area contributed by atoms with E-state index in [9.17, 15) is 0 Å². The van der Waals surface area contributed by atoms with Crippen LogP contribution in [0.1, 0.15) is 0 Å². The maximum absolute atomic E-state index is 8.92. The quantitative estimate of drug-likeness (QED) is 0.532. The van der Waals surface area contributed by atoms with Crippen LogP contribution in [-0.4, -0.2) is 41.0 Å². The summed E-state index contributed by atoms with van der Waals surface area (Å²) in [5.41, 5.74) is 0. The van der Waals surface area contributed by atoms with Gasteiger partial charge < -0.3 is 10.4 Å². The number of aliphatic hydroxyl groups excluding tert-OH is 1. The van der Waals surface area contributed by atoms with Crippen LogP contribution in [0, 0.1) is 5.92 Å². The van der Waals surface area contributed by atoms with Gasteiger partial charge >= 0.3 is 0 Å². The zero-order valence-corrected chi connectivity index (χ0v) is 8.21. The third kappa shape index (κ3) is 1.81. The Bertz CT molecular complexity index is 99.9. The van der Waals surface area contributed by atoms with Crippen molar-refractivity contribution >= 4 is 22.9 Å². The summed E-state index contributed by atoms with van der Waals surface area (Å²) in [6, 6.07) is 0.474. The fourth-order valence-corrected chi connectivity index (χ4v) is 2.26. The van der Waals surface area contributed by atoms with Crippen LogP contribution in [0.2, 0.25) is 0 Å². The van der Waals surface area contributed by atoms with Crippen molar-refractivity contribution in [2.24, 2.45) is 5.92 Å². The highest BCUT2D eigenvalue weighted by Crippen LogP contribution is 2.18. The van der Waals surface area contributed by atoms with Gasteiger partial charge in [-0.05, 0) is 7.05 Å². The van der Waals surface area contributed by atoms with E-state index < -0.39 is 0 Å². The first-order valence-corrected chi connectivity index (χ1v) is 4.43. The van der Waals surface area contributed by atoms with Crippen molar-refractivity contribution in [1.82, 2.24) is 8.43 Å². The smallest absolute Gasteiger partial charge is 0.0487 e. The molecular formula is C6H13IN2O. The van der Waals surface area contributed by atoms with Crippen molar-refractivity contribution in [3.05, 3.63) is 0 Å². The molecule has 2 N–H and O–H groups in total. The van der Waals surface area contributed by atoms with Crippen LogP contribution in [-0.2, 0) is 0 Å². The molecule has 0 amide bonds. The van der Waals surface area contributed by atoms with Crippen molar-refractivity contribution in [3.8, 4) is 0 Å². The third-order valence-electron chi connectivity index (χ3n) is 2.00. The number of aliphatic hydroxyl groups is 1. The van der Waals surface area contributed by atoms with E-state index >= 15 is 0 Å². The molecule has 1 aliphatic rings. The molecule has 0 aromatic heterocycles.